The van der Waals surface area contributed by atoms with Gasteiger partial charge in [0.15, 0.2) is 0 Å². The SMILES string of the molecule is CCOC(=O)/C=C/c1cscc1-c1ccc(C#N)cc1C. The van der Waals surface area contributed by atoms with E-state index in [0.29, 0.717) is 12.2 Å². The Morgan fingerprint density at radius 3 is 2.86 bits per heavy atom. The molecule has 0 aliphatic carbocycles. The summed E-state index contributed by atoms with van der Waals surface area (Å²) >= 11 is 1.58. The normalized spacial score (nSPS) is 10.5. The highest BCUT2D eigenvalue weighted by Gasteiger charge is 2.08. The molecule has 0 unspecified atom stereocenters. The first-order valence-electron chi connectivity index (χ1n) is 6.58. The van der Waals surface area contributed by atoms with Crippen molar-refractivity contribution in [3.05, 3.63) is 51.7 Å². The summed E-state index contributed by atoms with van der Waals surface area (Å²) in [5.74, 6) is -0.341. The van der Waals surface area contributed by atoms with Crippen LogP contribution in [-0.2, 0) is 9.53 Å². The van der Waals surface area contributed by atoms with Crippen LogP contribution in [0, 0.1) is 18.3 Å². The minimum atomic E-state index is -0.341. The average molecular weight is 297 g/mol. The lowest BCUT2D eigenvalue weighted by atomic mass is 9.98. The second-order valence-electron chi connectivity index (χ2n) is 4.47. The summed E-state index contributed by atoms with van der Waals surface area (Å²) in [7, 11) is 0. The maximum absolute atomic E-state index is 11.4. The minimum absolute atomic E-state index is 0.341. The predicted octanol–water partition coefficient (Wildman–Crippen LogP) is 4.17. The van der Waals surface area contributed by atoms with Gasteiger partial charge in [0.05, 0.1) is 18.2 Å². The minimum Gasteiger partial charge on any atom is -0.463 e. The Labute approximate surface area is 128 Å². The van der Waals surface area contributed by atoms with Gasteiger partial charge in [0.25, 0.3) is 0 Å². The number of hydrogen-bond acceptors (Lipinski definition) is 4. The van der Waals surface area contributed by atoms with Crippen molar-refractivity contribution in [1.82, 2.24) is 0 Å². The number of carbonyl (C=O) groups is 1. The van der Waals surface area contributed by atoms with Gasteiger partial charge in [-0.2, -0.15) is 16.6 Å². The van der Waals surface area contributed by atoms with Crippen molar-refractivity contribution in [2.45, 2.75) is 13.8 Å². The predicted molar refractivity (Wildman–Crippen MR) is 84.9 cm³/mol. The summed E-state index contributed by atoms with van der Waals surface area (Å²) in [4.78, 5) is 11.4. The average Bonchev–Trinajstić information content (AvgIpc) is 2.93. The third-order valence-electron chi connectivity index (χ3n) is 3.02. The van der Waals surface area contributed by atoms with Crippen LogP contribution >= 0.6 is 11.3 Å². The first kappa shape index (κ1) is 15.0. The van der Waals surface area contributed by atoms with Gasteiger partial charge in [-0.1, -0.05) is 6.07 Å². The summed E-state index contributed by atoms with van der Waals surface area (Å²) < 4.78 is 4.88. The van der Waals surface area contributed by atoms with Crippen LogP contribution in [0.25, 0.3) is 17.2 Å². The highest BCUT2D eigenvalue weighted by atomic mass is 32.1. The van der Waals surface area contributed by atoms with E-state index in [0.717, 1.165) is 22.3 Å². The zero-order valence-electron chi connectivity index (χ0n) is 11.9. The fourth-order valence-corrected chi connectivity index (χ4v) is 2.86. The van der Waals surface area contributed by atoms with Gasteiger partial charge in [-0.25, -0.2) is 4.79 Å². The molecule has 0 amide bonds. The lowest BCUT2D eigenvalue weighted by molar-refractivity contribution is -0.137. The van der Waals surface area contributed by atoms with Crippen molar-refractivity contribution in [3.8, 4) is 17.2 Å². The van der Waals surface area contributed by atoms with E-state index in [4.69, 9.17) is 10.00 Å². The summed E-state index contributed by atoms with van der Waals surface area (Å²) in [5, 5.41) is 13.0. The van der Waals surface area contributed by atoms with Crippen LogP contribution in [0.5, 0.6) is 0 Å². The molecular weight excluding hydrogens is 282 g/mol. The third-order valence-corrected chi connectivity index (χ3v) is 3.78. The van der Waals surface area contributed by atoms with E-state index < -0.39 is 0 Å². The van der Waals surface area contributed by atoms with E-state index in [2.05, 4.69) is 6.07 Å². The standard InChI is InChI=1S/C17H15NO2S/c1-3-20-17(19)7-5-14-10-21-11-16(14)15-6-4-13(9-18)8-12(15)2/h4-8,10-11H,3H2,1-2H3/b7-5+. The van der Waals surface area contributed by atoms with Gasteiger partial charge < -0.3 is 4.74 Å². The van der Waals surface area contributed by atoms with E-state index in [1.54, 1.807) is 30.4 Å². The molecule has 1 aromatic heterocycles. The Balaban J connectivity index is 2.33. The number of nitriles is 1. The highest BCUT2D eigenvalue weighted by Crippen LogP contribution is 2.31. The van der Waals surface area contributed by atoms with Crippen molar-refractivity contribution >= 4 is 23.4 Å². The number of ether oxygens (including phenoxy) is 1. The van der Waals surface area contributed by atoms with E-state index >= 15 is 0 Å². The smallest absolute Gasteiger partial charge is 0.330 e. The number of esters is 1. The molecule has 1 heterocycles. The van der Waals surface area contributed by atoms with Gasteiger partial charge in [-0.3, -0.25) is 0 Å². The molecule has 2 aromatic rings. The number of carbonyl (C=O) groups excluding carboxylic acids is 1. The summed E-state index contributed by atoms with van der Waals surface area (Å²) in [6.45, 7) is 4.13. The van der Waals surface area contributed by atoms with Crippen LogP contribution in [0.2, 0.25) is 0 Å². The van der Waals surface area contributed by atoms with E-state index in [1.807, 2.05) is 29.8 Å². The van der Waals surface area contributed by atoms with Gasteiger partial charge in [0, 0.05) is 6.08 Å². The fourth-order valence-electron chi connectivity index (χ4n) is 2.04. The summed E-state index contributed by atoms with van der Waals surface area (Å²) in [6.07, 6.45) is 3.20. The van der Waals surface area contributed by atoms with E-state index in [-0.39, 0.29) is 5.97 Å². The molecule has 0 aliphatic heterocycles. The van der Waals surface area contributed by atoms with Crippen LogP contribution in [0.3, 0.4) is 0 Å². The molecule has 0 saturated carbocycles. The molecule has 2 rings (SSSR count). The molecule has 0 N–H and O–H groups in total. The van der Waals surface area contributed by atoms with Gasteiger partial charge in [-0.15, -0.1) is 0 Å². The van der Waals surface area contributed by atoms with E-state index in [9.17, 15) is 4.79 Å². The molecule has 3 nitrogen and oxygen atoms in total. The fraction of sp³-hybridized carbons (Fsp3) is 0.176. The zero-order chi connectivity index (χ0) is 15.2. The molecule has 106 valence electrons. The molecular formula is C17H15NO2S. The topological polar surface area (TPSA) is 50.1 Å². The lowest BCUT2D eigenvalue weighted by Crippen LogP contribution is -1.98. The van der Waals surface area contributed by atoms with Crippen LogP contribution in [0.4, 0.5) is 0 Å². The lowest BCUT2D eigenvalue weighted by Gasteiger charge is -2.06. The third kappa shape index (κ3) is 3.59. The molecule has 0 bridgehead atoms. The maximum atomic E-state index is 11.4. The Bertz CT molecular complexity index is 723. The largest absolute Gasteiger partial charge is 0.463 e. The second kappa shape index (κ2) is 6.87. The first-order chi connectivity index (χ1) is 10.2. The Hall–Kier alpha value is -2.38. The van der Waals surface area contributed by atoms with Crippen LogP contribution in [-0.4, -0.2) is 12.6 Å². The molecule has 0 atom stereocenters. The second-order valence-corrected chi connectivity index (χ2v) is 5.21. The van der Waals surface area contributed by atoms with Gasteiger partial charge in [-0.05, 0) is 65.1 Å². The van der Waals surface area contributed by atoms with E-state index in [1.165, 1.54) is 6.08 Å². The number of aryl methyl sites for hydroxylation is 1. The first-order valence-corrected chi connectivity index (χ1v) is 7.52. The molecule has 21 heavy (non-hydrogen) atoms. The van der Waals surface area contributed by atoms with Crippen LogP contribution in [0.1, 0.15) is 23.6 Å². The molecule has 4 heteroatoms. The summed E-state index contributed by atoms with van der Waals surface area (Å²) in [5.41, 5.74) is 4.79. The van der Waals surface area contributed by atoms with Crippen LogP contribution in [0.15, 0.2) is 35.0 Å². The van der Waals surface area contributed by atoms with Crippen molar-refractivity contribution in [2.24, 2.45) is 0 Å². The van der Waals surface area contributed by atoms with Crippen molar-refractivity contribution < 1.29 is 9.53 Å². The quantitative estimate of drug-likeness (QED) is 0.628. The van der Waals surface area contributed by atoms with Crippen molar-refractivity contribution in [2.75, 3.05) is 6.61 Å². The number of hydrogen-bond donors (Lipinski definition) is 0. The Morgan fingerprint density at radius 1 is 1.38 bits per heavy atom. The molecule has 0 saturated heterocycles. The maximum Gasteiger partial charge on any atom is 0.330 e. The monoisotopic (exact) mass is 297 g/mol. The molecule has 0 fully saturated rings. The molecule has 0 aliphatic rings. The molecule has 1 aromatic carbocycles. The van der Waals surface area contributed by atoms with Gasteiger partial charge in [0.2, 0.25) is 0 Å². The molecule has 0 radical (unpaired) electrons. The highest BCUT2D eigenvalue weighted by molar-refractivity contribution is 7.08. The van der Waals surface area contributed by atoms with Gasteiger partial charge >= 0.3 is 5.97 Å². The van der Waals surface area contributed by atoms with Crippen molar-refractivity contribution in [3.63, 3.8) is 0 Å². The van der Waals surface area contributed by atoms with Crippen molar-refractivity contribution in [1.29, 1.82) is 5.26 Å². The number of rotatable bonds is 4. The number of thiophene rings is 1. The Morgan fingerprint density at radius 2 is 2.19 bits per heavy atom. The number of benzene rings is 1. The zero-order valence-corrected chi connectivity index (χ0v) is 12.7. The summed E-state index contributed by atoms with van der Waals surface area (Å²) in [6, 6.07) is 7.75. The van der Waals surface area contributed by atoms with Crippen LogP contribution < -0.4 is 0 Å². The molecule has 0 spiro atoms. The van der Waals surface area contributed by atoms with Gasteiger partial charge in [0.1, 0.15) is 0 Å². The number of nitrogens with zero attached hydrogens (tertiary/aromatic N) is 1. The Kier molecular flexibility index (Phi) is 4.91.